The molecule has 0 aliphatic rings. The fourth-order valence-corrected chi connectivity index (χ4v) is 2.46. The van der Waals surface area contributed by atoms with Gasteiger partial charge in [-0.15, -0.1) is 0 Å². The van der Waals surface area contributed by atoms with Gasteiger partial charge in [0.15, 0.2) is 9.84 Å². The summed E-state index contributed by atoms with van der Waals surface area (Å²) in [6.07, 6.45) is 0. The van der Waals surface area contributed by atoms with Gasteiger partial charge in [-0.25, -0.2) is 8.42 Å². The van der Waals surface area contributed by atoms with Crippen LogP contribution in [0.15, 0.2) is 27.6 Å². The zero-order chi connectivity index (χ0) is 12.3. The maximum Gasteiger partial charge on any atom is 0.289 e. The summed E-state index contributed by atoms with van der Waals surface area (Å²) >= 11 is 3.01. The van der Waals surface area contributed by atoms with E-state index in [1.165, 1.54) is 12.1 Å². The number of rotatable bonds is 3. The topological polar surface area (TPSA) is 101 Å². The van der Waals surface area contributed by atoms with E-state index in [2.05, 4.69) is 15.9 Å². The predicted octanol–water partition coefficient (Wildman–Crippen LogP) is 1.65. The molecule has 0 aromatic heterocycles. The third kappa shape index (κ3) is 2.56. The summed E-state index contributed by atoms with van der Waals surface area (Å²) in [6.45, 7) is 0. The van der Waals surface area contributed by atoms with Gasteiger partial charge in [-0.2, -0.15) is 5.26 Å². The predicted molar refractivity (Wildman–Crippen MR) is 58.5 cm³/mol. The molecule has 0 atom stereocenters. The number of nitro groups is 1. The van der Waals surface area contributed by atoms with Gasteiger partial charge in [0.2, 0.25) is 0 Å². The maximum atomic E-state index is 11.5. The van der Waals surface area contributed by atoms with Crippen molar-refractivity contribution in [2.75, 3.05) is 5.75 Å². The van der Waals surface area contributed by atoms with Gasteiger partial charge in [0.1, 0.15) is 10.6 Å². The highest BCUT2D eigenvalue weighted by atomic mass is 79.9. The van der Waals surface area contributed by atoms with Gasteiger partial charge in [-0.1, -0.05) is 15.9 Å². The molecule has 0 amide bonds. The van der Waals surface area contributed by atoms with Crippen molar-refractivity contribution < 1.29 is 13.3 Å². The first kappa shape index (κ1) is 12.6. The Morgan fingerprint density at radius 3 is 2.62 bits per heavy atom. The molecule has 0 aliphatic carbocycles. The van der Waals surface area contributed by atoms with Gasteiger partial charge < -0.3 is 0 Å². The molecule has 0 N–H and O–H groups in total. The summed E-state index contributed by atoms with van der Waals surface area (Å²) in [5.41, 5.74) is -0.537. The fourth-order valence-electron chi connectivity index (χ4n) is 1.06. The van der Waals surface area contributed by atoms with Crippen molar-refractivity contribution in [3.63, 3.8) is 0 Å². The smallest absolute Gasteiger partial charge is 0.258 e. The molecule has 0 radical (unpaired) electrons. The lowest BCUT2D eigenvalue weighted by molar-refractivity contribution is -0.387. The van der Waals surface area contributed by atoms with E-state index in [0.717, 1.165) is 12.1 Å². The molecular weight excluding hydrogens is 300 g/mol. The van der Waals surface area contributed by atoms with Gasteiger partial charge in [0.05, 0.1) is 11.0 Å². The number of benzene rings is 1. The zero-order valence-electron chi connectivity index (χ0n) is 7.75. The Kier molecular flexibility index (Phi) is 3.62. The Bertz CT molecular complexity index is 576. The maximum absolute atomic E-state index is 11.5. The molecule has 0 saturated heterocycles. The van der Waals surface area contributed by atoms with Crippen molar-refractivity contribution in [3.05, 3.63) is 32.8 Å². The van der Waals surface area contributed by atoms with E-state index in [9.17, 15) is 18.5 Å². The van der Waals surface area contributed by atoms with Crippen LogP contribution in [0.5, 0.6) is 0 Å². The lowest BCUT2D eigenvalue weighted by atomic mass is 10.3. The van der Waals surface area contributed by atoms with E-state index in [0.29, 0.717) is 4.47 Å². The normalized spacial score (nSPS) is 10.8. The summed E-state index contributed by atoms with van der Waals surface area (Å²) in [5, 5.41) is 19.0. The molecule has 0 heterocycles. The Balaban J connectivity index is 3.47. The van der Waals surface area contributed by atoms with Crippen LogP contribution in [-0.2, 0) is 9.84 Å². The number of hydrogen-bond acceptors (Lipinski definition) is 5. The Morgan fingerprint density at radius 2 is 2.12 bits per heavy atom. The highest BCUT2D eigenvalue weighted by Crippen LogP contribution is 2.27. The van der Waals surface area contributed by atoms with Crippen LogP contribution in [0.25, 0.3) is 0 Å². The van der Waals surface area contributed by atoms with Crippen molar-refractivity contribution in [3.8, 4) is 6.07 Å². The largest absolute Gasteiger partial charge is 0.289 e. The Morgan fingerprint density at radius 1 is 1.50 bits per heavy atom. The molecule has 1 rings (SSSR count). The molecule has 0 fully saturated rings. The van der Waals surface area contributed by atoms with E-state index in [1.54, 1.807) is 0 Å². The molecule has 84 valence electrons. The van der Waals surface area contributed by atoms with Gasteiger partial charge in [-0.05, 0) is 12.1 Å². The van der Waals surface area contributed by atoms with E-state index in [4.69, 9.17) is 5.26 Å². The summed E-state index contributed by atoms with van der Waals surface area (Å²) in [4.78, 5) is 9.42. The summed E-state index contributed by atoms with van der Waals surface area (Å²) < 4.78 is 23.5. The number of nitriles is 1. The number of halogens is 1. The Labute approximate surface area is 99.7 Å². The average Bonchev–Trinajstić information content (AvgIpc) is 2.16. The lowest BCUT2D eigenvalue weighted by Gasteiger charge is -2.01. The SMILES string of the molecule is N#CCS(=O)(=O)c1ccc(Br)cc1[N+](=O)[O-]. The zero-order valence-corrected chi connectivity index (χ0v) is 10.2. The van der Waals surface area contributed by atoms with Crippen LogP contribution in [0, 0.1) is 21.4 Å². The van der Waals surface area contributed by atoms with E-state index in [1.807, 2.05) is 0 Å². The molecule has 1 aromatic carbocycles. The summed E-state index contributed by atoms with van der Waals surface area (Å²) in [7, 11) is -3.93. The number of sulfone groups is 1. The quantitative estimate of drug-likeness (QED) is 0.624. The molecule has 16 heavy (non-hydrogen) atoms. The monoisotopic (exact) mass is 304 g/mol. The van der Waals surface area contributed by atoms with Crippen LogP contribution in [-0.4, -0.2) is 19.1 Å². The second-order valence-corrected chi connectivity index (χ2v) is 5.66. The number of nitrogens with zero attached hydrogens (tertiary/aromatic N) is 2. The minimum Gasteiger partial charge on any atom is -0.258 e. The number of hydrogen-bond donors (Lipinski definition) is 0. The molecule has 6 nitrogen and oxygen atoms in total. The van der Waals surface area contributed by atoms with Crippen LogP contribution >= 0.6 is 15.9 Å². The molecular formula is C8H5BrN2O4S. The van der Waals surface area contributed by atoms with Crippen LogP contribution in [0.3, 0.4) is 0 Å². The first-order valence-electron chi connectivity index (χ1n) is 3.92. The molecule has 8 heteroatoms. The molecule has 0 bridgehead atoms. The van der Waals surface area contributed by atoms with Crippen molar-refractivity contribution in [1.29, 1.82) is 5.26 Å². The third-order valence-electron chi connectivity index (χ3n) is 1.71. The third-order valence-corrected chi connectivity index (χ3v) is 3.73. The fraction of sp³-hybridized carbons (Fsp3) is 0.125. The highest BCUT2D eigenvalue weighted by Gasteiger charge is 2.25. The lowest BCUT2D eigenvalue weighted by Crippen LogP contribution is -2.08. The van der Waals surface area contributed by atoms with Crippen LogP contribution in [0.1, 0.15) is 0 Å². The van der Waals surface area contributed by atoms with Crippen LogP contribution in [0.4, 0.5) is 5.69 Å². The Hall–Kier alpha value is -1.46. The van der Waals surface area contributed by atoms with E-state index < -0.39 is 31.1 Å². The minimum atomic E-state index is -3.93. The average molecular weight is 305 g/mol. The van der Waals surface area contributed by atoms with E-state index >= 15 is 0 Å². The van der Waals surface area contributed by atoms with Crippen LogP contribution in [0.2, 0.25) is 0 Å². The second-order valence-electron chi connectivity index (χ2n) is 2.79. The second kappa shape index (κ2) is 4.59. The minimum absolute atomic E-state index is 0.398. The van der Waals surface area contributed by atoms with E-state index in [-0.39, 0.29) is 0 Å². The molecule has 0 unspecified atom stereocenters. The van der Waals surface area contributed by atoms with Crippen molar-refractivity contribution in [2.45, 2.75) is 4.90 Å². The van der Waals surface area contributed by atoms with Crippen molar-refractivity contribution in [2.24, 2.45) is 0 Å². The molecule has 0 saturated carbocycles. The first-order chi connectivity index (χ1) is 7.38. The standard InChI is InChI=1S/C8H5BrN2O4S/c9-6-1-2-8(7(5-6)11(12)13)16(14,15)4-3-10/h1-2,5H,4H2. The van der Waals surface area contributed by atoms with Gasteiger partial charge in [0, 0.05) is 10.5 Å². The van der Waals surface area contributed by atoms with Crippen molar-refractivity contribution in [1.82, 2.24) is 0 Å². The summed E-state index contributed by atoms with van der Waals surface area (Å²) in [6, 6.07) is 5.03. The van der Waals surface area contributed by atoms with Gasteiger partial charge in [-0.3, -0.25) is 10.1 Å². The van der Waals surface area contributed by atoms with Crippen molar-refractivity contribution >= 4 is 31.5 Å². The number of nitro benzene ring substituents is 1. The summed E-state index contributed by atoms with van der Waals surface area (Å²) in [5.74, 6) is -0.782. The molecule has 1 aromatic rings. The molecule has 0 spiro atoms. The van der Waals surface area contributed by atoms with Gasteiger partial charge >= 0.3 is 0 Å². The van der Waals surface area contributed by atoms with Crippen LogP contribution < -0.4 is 0 Å². The van der Waals surface area contributed by atoms with Gasteiger partial charge in [0.25, 0.3) is 5.69 Å². The molecule has 0 aliphatic heterocycles. The highest BCUT2D eigenvalue weighted by molar-refractivity contribution is 9.10. The first-order valence-corrected chi connectivity index (χ1v) is 6.36.